The number of hydrogen-bond acceptors (Lipinski definition) is 2. The summed E-state index contributed by atoms with van der Waals surface area (Å²) in [6.45, 7) is 1.48. The standard InChI is InChI=1S/C11H13NO/c13-11-8-12-7-6-10(11)9-4-2-1-3-5-9/h1-5,10,12H,6-8H2. The number of benzene rings is 1. The molecule has 1 aliphatic heterocycles. The zero-order valence-corrected chi connectivity index (χ0v) is 7.49. The Balaban J connectivity index is 2.20. The van der Waals surface area contributed by atoms with Crippen molar-refractivity contribution in [1.82, 2.24) is 5.32 Å². The van der Waals surface area contributed by atoms with Crippen LogP contribution in [0.1, 0.15) is 17.9 Å². The summed E-state index contributed by atoms with van der Waals surface area (Å²) in [6, 6.07) is 10.0. The zero-order valence-electron chi connectivity index (χ0n) is 7.49. The number of nitrogens with one attached hydrogen (secondary N) is 1. The van der Waals surface area contributed by atoms with Gasteiger partial charge in [0.25, 0.3) is 0 Å². The van der Waals surface area contributed by atoms with Crippen LogP contribution < -0.4 is 5.32 Å². The van der Waals surface area contributed by atoms with Crippen LogP contribution in [0.5, 0.6) is 0 Å². The van der Waals surface area contributed by atoms with Crippen LogP contribution in [0.3, 0.4) is 0 Å². The second-order valence-corrected chi connectivity index (χ2v) is 3.40. The molecule has 0 aliphatic carbocycles. The maximum Gasteiger partial charge on any atom is 0.154 e. The van der Waals surface area contributed by atoms with Crippen LogP contribution in [0.4, 0.5) is 0 Å². The zero-order chi connectivity index (χ0) is 9.10. The third kappa shape index (κ3) is 1.78. The van der Waals surface area contributed by atoms with Crippen molar-refractivity contribution in [2.75, 3.05) is 13.1 Å². The molecule has 1 aromatic carbocycles. The minimum absolute atomic E-state index is 0.127. The van der Waals surface area contributed by atoms with E-state index in [9.17, 15) is 4.79 Å². The van der Waals surface area contributed by atoms with Crippen LogP contribution in [-0.4, -0.2) is 18.9 Å². The lowest BCUT2D eigenvalue weighted by atomic mass is 9.89. The Kier molecular flexibility index (Phi) is 2.41. The minimum atomic E-state index is 0.127. The Morgan fingerprint density at radius 2 is 2.00 bits per heavy atom. The Labute approximate surface area is 78.0 Å². The van der Waals surface area contributed by atoms with Gasteiger partial charge in [-0.05, 0) is 18.5 Å². The van der Waals surface area contributed by atoms with Crippen molar-refractivity contribution < 1.29 is 4.79 Å². The van der Waals surface area contributed by atoms with Gasteiger partial charge in [0.05, 0.1) is 6.54 Å². The number of ketones is 1. The summed E-state index contributed by atoms with van der Waals surface area (Å²) in [5.41, 5.74) is 1.16. The number of rotatable bonds is 1. The first-order valence-corrected chi connectivity index (χ1v) is 4.66. The van der Waals surface area contributed by atoms with E-state index < -0.39 is 0 Å². The summed E-state index contributed by atoms with van der Waals surface area (Å²) in [7, 11) is 0. The molecule has 2 rings (SSSR count). The molecule has 1 aromatic rings. The molecule has 1 N–H and O–H groups in total. The minimum Gasteiger partial charge on any atom is -0.310 e. The van der Waals surface area contributed by atoms with Crippen molar-refractivity contribution in [2.24, 2.45) is 0 Å². The van der Waals surface area contributed by atoms with E-state index >= 15 is 0 Å². The number of hydrogen-bond donors (Lipinski definition) is 1. The molecule has 0 amide bonds. The molecule has 2 heteroatoms. The largest absolute Gasteiger partial charge is 0.310 e. The summed E-state index contributed by atoms with van der Waals surface area (Å²) in [6.07, 6.45) is 0.933. The van der Waals surface area contributed by atoms with E-state index in [0.29, 0.717) is 12.3 Å². The van der Waals surface area contributed by atoms with Crippen LogP contribution in [-0.2, 0) is 4.79 Å². The normalized spacial score (nSPS) is 23.1. The molecule has 0 aromatic heterocycles. The first-order chi connectivity index (χ1) is 6.38. The Morgan fingerprint density at radius 1 is 1.23 bits per heavy atom. The molecular weight excluding hydrogens is 162 g/mol. The van der Waals surface area contributed by atoms with Crippen molar-refractivity contribution >= 4 is 5.78 Å². The van der Waals surface area contributed by atoms with Crippen molar-refractivity contribution in [3.63, 3.8) is 0 Å². The molecule has 0 saturated carbocycles. The highest BCUT2D eigenvalue weighted by atomic mass is 16.1. The molecule has 1 unspecified atom stereocenters. The molecule has 13 heavy (non-hydrogen) atoms. The molecule has 0 bridgehead atoms. The van der Waals surface area contributed by atoms with Crippen molar-refractivity contribution in [1.29, 1.82) is 0 Å². The molecule has 68 valence electrons. The average molecular weight is 175 g/mol. The van der Waals surface area contributed by atoms with Gasteiger partial charge >= 0.3 is 0 Å². The molecule has 0 radical (unpaired) electrons. The molecular formula is C11H13NO. The van der Waals surface area contributed by atoms with Gasteiger partial charge in [-0.25, -0.2) is 0 Å². The van der Waals surface area contributed by atoms with Crippen LogP contribution in [0.15, 0.2) is 30.3 Å². The number of Topliss-reactive ketones (excluding diaryl/α,β-unsaturated/α-hetero) is 1. The van der Waals surface area contributed by atoms with E-state index in [0.717, 1.165) is 18.5 Å². The lowest BCUT2D eigenvalue weighted by Gasteiger charge is -2.21. The topological polar surface area (TPSA) is 29.1 Å². The summed E-state index contributed by atoms with van der Waals surface area (Å²) < 4.78 is 0. The van der Waals surface area contributed by atoms with Gasteiger partial charge < -0.3 is 5.32 Å². The molecule has 0 spiro atoms. The smallest absolute Gasteiger partial charge is 0.154 e. The Hall–Kier alpha value is -1.15. The SMILES string of the molecule is O=C1CNCCC1c1ccccc1. The van der Waals surface area contributed by atoms with Gasteiger partial charge in [0.1, 0.15) is 0 Å². The quantitative estimate of drug-likeness (QED) is 0.697. The van der Waals surface area contributed by atoms with E-state index in [1.807, 2.05) is 30.3 Å². The summed E-state index contributed by atoms with van der Waals surface area (Å²) in [4.78, 5) is 11.5. The predicted octanol–water partition coefficient (Wildman–Crippen LogP) is 1.33. The number of carbonyl (C=O) groups excluding carboxylic acids is 1. The van der Waals surface area contributed by atoms with E-state index in [-0.39, 0.29) is 5.92 Å². The molecule has 1 fully saturated rings. The highest BCUT2D eigenvalue weighted by Gasteiger charge is 2.22. The van der Waals surface area contributed by atoms with Gasteiger partial charge in [0.2, 0.25) is 0 Å². The van der Waals surface area contributed by atoms with Gasteiger partial charge in [-0.15, -0.1) is 0 Å². The average Bonchev–Trinajstić information content (AvgIpc) is 2.20. The first kappa shape index (κ1) is 8.45. The number of carbonyl (C=O) groups is 1. The van der Waals surface area contributed by atoms with Crippen LogP contribution >= 0.6 is 0 Å². The molecule has 1 aliphatic rings. The third-order valence-electron chi connectivity index (χ3n) is 2.50. The highest BCUT2D eigenvalue weighted by Crippen LogP contribution is 2.21. The van der Waals surface area contributed by atoms with E-state index in [4.69, 9.17) is 0 Å². The molecule has 1 heterocycles. The van der Waals surface area contributed by atoms with E-state index in [1.165, 1.54) is 0 Å². The lowest BCUT2D eigenvalue weighted by molar-refractivity contribution is -0.120. The van der Waals surface area contributed by atoms with Crippen LogP contribution in [0.2, 0.25) is 0 Å². The molecule has 2 nitrogen and oxygen atoms in total. The van der Waals surface area contributed by atoms with Gasteiger partial charge in [0, 0.05) is 5.92 Å². The first-order valence-electron chi connectivity index (χ1n) is 4.66. The summed E-state index contributed by atoms with van der Waals surface area (Å²) in [5, 5.41) is 3.08. The Bertz CT molecular complexity index is 294. The van der Waals surface area contributed by atoms with Crippen molar-refractivity contribution in [2.45, 2.75) is 12.3 Å². The third-order valence-corrected chi connectivity index (χ3v) is 2.50. The van der Waals surface area contributed by atoms with Crippen molar-refractivity contribution in [3.8, 4) is 0 Å². The van der Waals surface area contributed by atoms with Gasteiger partial charge in [-0.1, -0.05) is 30.3 Å². The maximum absolute atomic E-state index is 11.5. The fourth-order valence-electron chi connectivity index (χ4n) is 1.78. The second-order valence-electron chi connectivity index (χ2n) is 3.40. The predicted molar refractivity (Wildman–Crippen MR) is 51.7 cm³/mol. The van der Waals surface area contributed by atoms with Crippen molar-refractivity contribution in [3.05, 3.63) is 35.9 Å². The van der Waals surface area contributed by atoms with Gasteiger partial charge in [-0.2, -0.15) is 0 Å². The van der Waals surface area contributed by atoms with E-state index in [2.05, 4.69) is 5.32 Å². The monoisotopic (exact) mass is 175 g/mol. The second kappa shape index (κ2) is 3.71. The molecule has 1 saturated heterocycles. The summed E-state index contributed by atoms with van der Waals surface area (Å²) >= 11 is 0. The van der Waals surface area contributed by atoms with Crippen LogP contribution in [0, 0.1) is 0 Å². The fraction of sp³-hybridized carbons (Fsp3) is 0.364. The van der Waals surface area contributed by atoms with Crippen LogP contribution in [0.25, 0.3) is 0 Å². The molecule has 1 atom stereocenters. The Morgan fingerprint density at radius 3 is 2.69 bits per heavy atom. The summed E-state index contributed by atoms with van der Waals surface area (Å²) in [5.74, 6) is 0.444. The van der Waals surface area contributed by atoms with E-state index in [1.54, 1.807) is 0 Å². The highest BCUT2D eigenvalue weighted by molar-refractivity contribution is 5.88. The fourth-order valence-corrected chi connectivity index (χ4v) is 1.78. The number of piperidine rings is 1. The lowest BCUT2D eigenvalue weighted by Crippen LogP contribution is -2.35. The van der Waals surface area contributed by atoms with Gasteiger partial charge in [0.15, 0.2) is 5.78 Å². The maximum atomic E-state index is 11.5. The van der Waals surface area contributed by atoms with Gasteiger partial charge in [-0.3, -0.25) is 4.79 Å².